The van der Waals surface area contributed by atoms with E-state index < -0.39 is 6.36 Å². The van der Waals surface area contributed by atoms with E-state index in [1.54, 1.807) is 0 Å². The molecule has 0 radical (unpaired) electrons. The number of nitrogens with two attached hydrogens (primary N) is 1. The van der Waals surface area contributed by atoms with Crippen LogP contribution in [0.15, 0.2) is 53.5 Å². The molecule has 160 valence electrons. The van der Waals surface area contributed by atoms with Gasteiger partial charge in [-0.3, -0.25) is 4.79 Å². The molecule has 2 aromatic rings. The second-order valence-electron chi connectivity index (χ2n) is 6.98. The van der Waals surface area contributed by atoms with Crippen LogP contribution >= 0.6 is 0 Å². The molecule has 1 aliphatic heterocycles. The first-order chi connectivity index (χ1) is 14.3. The summed E-state index contributed by atoms with van der Waals surface area (Å²) in [5, 5.41) is 3.00. The van der Waals surface area contributed by atoms with Gasteiger partial charge in [-0.15, -0.1) is 13.2 Å². The normalized spacial score (nSPS) is 14.8. The van der Waals surface area contributed by atoms with Gasteiger partial charge in [0, 0.05) is 26.1 Å². The Morgan fingerprint density at radius 2 is 1.70 bits per heavy atom. The van der Waals surface area contributed by atoms with Gasteiger partial charge in [0.15, 0.2) is 5.96 Å². The molecule has 3 N–H and O–H groups in total. The standard InChI is InChI=1S/C21H23F3N4O2/c22-21(23,24)30-18-9-7-16(8-10-18)13-27-20(25)26-12-15-3-5-17(6-4-15)14-28-11-1-2-19(28)29/h3-10H,1-2,11-14H2,(H3,25,26,27). The number of nitrogens with one attached hydrogen (secondary N) is 1. The van der Waals surface area contributed by atoms with Gasteiger partial charge >= 0.3 is 6.36 Å². The van der Waals surface area contributed by atoms with Crippen molar-refractivity contribution in [3.63, 3.8) is 0 Å². The summed E-state index contributed by atoms with van der Waals surface area (Å²) in [4.78, 5) is 17.7. The molecule has 9 heteroatoms. The maximum atomic E-state index is 12.2. The number of likely N-dealkylation sites (tertiary alicyclic amines) is 1. The number of aliphatic imine (C=N–C) groups is 1. The Bertz CT molecular complexity index is 881. The van der Waals surface area contributed by atoms with E-state index in [-0.39, 0.29) is 24.2 Å². The molecule has 1 fully saturated rings. The van der Waals surface area contributed by atoms with Crippen LogP contribution in [0.3, 0.4) is 0 Å². The number of benzene rings is 2. The lowest BCUT2D eigenvalue weighted by Crippen LogP contribution is -2.31. The number of carbonyl (C=O) groups is 1. The predicted molar refractivity (Wildman–Crippen MR) is 106 cm³/mol. The summed E-state index contributed by atoms with van der Waals surface area (Å²) in [6, 6.07) is 13.4. The summed E-state index contributed by atoms with van der Waals surface area (Å²) >= 11 is 0. The van der Waals surface area contributed by atoms with Crippen molar-refractivity contribution in [1.29, 1.82) is 0 Å². The molecule has 1 saturated heterocycles. The van der Waals surface area contributed by atoms with E-state index >= 15 is 0 Å². The largest absolute Gasteiger partial charge is 0.573 e. The van der Waals surface area contributed by atoms with Crippen LogP contribution < -0.4 is 15.8 Å². The molecular formula is C21H23F3N4O2. The van der Waals surface area contributed by atoms with Crippen molar-refractivity contribution >= 4 is 11.9 Å². The summed E-state index contributed by atoms with van der Waals surface area (Å²) < 4.78 is 40.3. The van der Waals surface area contributed by atoms with Gasteiger partial charge in [-0.25, -0.2) is 4.99 Å². The molecule has 1 aliphatic rings. The van der Waals surface area contributed by atoms with E-state index in [1.807, 2.05) is 29.2 Å². The van der Waals surface area contributed by atoms with E-state index in [1.165, 1.54) is 24.3 Å². The van der Waals surface area contributed by atoms with Crippen molar-refractivity contribution < 1.29 is 22.7 Å². The number of halogens is 3. The second-order valence-corrected chi connectivity index (χ2v) is 6.98. The summed E-state index contributed by atoms with van der Waals surface area (Å²) in [6.45, 7) is 2.15. The minimum atomic E-state index is -4.71. The Morgan fingerprint density at radius 3 is 2.30 bits per heavy atom. The Hall–Kier alpha value is -3.23. The molecule has 6 nitrogen and oxygen atoms in total. The van der Waals surface area contributed by atoms with Gasteiger partial charge in [0.25, 0.3) is 0 Å². The van der Waals surface area contributed by atoms with Crippen LogP contribution in [-0.2, 0) is 24.4 Å². The van der Waals surface area contributed by atoms with E-state index in [0.717, 1.165) is 24.1 Å². The lowest BCUT2D eigenvalue weighted by atomic mass is 10.1. The highest BCUT2D eigenvalue weighted by Crippen LogP contribution is 2.22. The number of hydrogen-bond donors (Lipinski definition) is 2. The highest BCUT2D eigenvalue weighted by atomic mass is 19.4. The van der Waals surface area contributed by atoms with Gasteiger partial charge in [0.2, 0.25) is 5.91 Å². The van der Waals surface area contributed by atoms with Crippen LogP contribution in [0.1, 0.15) is 29.5 Å². The van der Waals surface area contributed by atoms with Gasteiger partial charge < -0.3 is 20.7 Å². The van der Waals surface area contributed by atoms with Crippen LogP contribution in [0, 0.1) is 0 Å². The Balaban J connectivity index is 1.45. The second kappa shape index (κ2) is 9.51. The van der Waals surface area contributed by atoms with Crippen molar-refractivity contribution in [2.24, 2.45) is 10.7 Å². The lowest BCUT2D eigenvalue weighted by molar-refractivity contribution is -0.274. The molecule has 0 aromatic heterocycles. The predicted octanol–water partition coefficient (Wildman–Crippen LogP) is 3.31. The maximum Gasteiger partial charge on any atom is 0.573 e. The molecule has 30 heavy (non-hydrogen) atoms. The van der Waals surface area contributed by atoms with E-state index in [9.17, 15) is 18.0 Å². The molecule has 1 heterocycles. The fourth-order valence-corrected chi connectivity index (χ4v) is 3.08. The fourth-order valence-electron chi connectivity index (χ4n) is 3.08. The van der Waals surface area contributed by atoms with Gasteiger partial charge in [-0.2, -0.15) is 0 Å². The first kappa shape index (κ1) is 21.5. The monoisotopic (exact) mass is 420 g/mol. The molecule has 3 rings (SSSR count). The molecule has 0 unspecified atom stereocenters. The van der Waals surface area contributed by atoms with Crippen LogP contribution in [0.25, 0.3) is 0 Å². The highest BCUT2D eigenvalue weighted by Gasteiger charge is 2.30. The average molecular weight is 420 g/mol. The van der Waals surface area contributed by atoms with Crippen molar-refractivity contribution in [2.45, 2.75) is 38.8 Å². The minimum absolute atomic E-state index is 0.201. The number of nitrogens with zero attached hydrogens (tertiary/aromatic N) is 2. The van der Waals surface area contributed by atoms with Crippen molar-refractivity contribution in [1.82, 2.24) is 10.2 Å². The maximum absolute atomic E-state index is 12.2. The Labute approximate surface area is 172 Å². The van der Waals surface area contributed by atoms with Gasteiger partial charge in [0.1, 0.15) is 5.75 Å². The number of guanidine groups is 1. The third-order valence-electron chi connectivity index (χ3n) is 4.63. The Kier molecular flexibility index (Phi) is 6.81. The van der Waals surface area contributed by atoms with Crippen LogP contribution in [0.5, 0.6) is 5.75 Å². The minimum Gasteiger partial charge on any atom is -0.406 e. The summed E-state index contributed by atoms with van der Waals surface area (Å²) in [7, 11) is 0. The van der Waals surface area contributed by atoms with Crippen molar-refractivity contribution in [2.75, 3.05) is 6.54 Å². The zero-order valence-electron chi connectivity index (χ0n) is 16.3. The van der Waals surface area contributed by atoms with Crippen LogP contribution in [-0.4, -0.2) is 29.7 Å². The molecule has 0 atom stereocenters. The zero-order valence-corrected chi connectivity index (χ0v) is 16.3. The van der Waals surface area contributed by atoms with E-state index in [2.05, 4.69) is 15.0 Å². The summed E-state index contributed by atoms with van der Waals surface area (Å²) in [5.74, 6) is 0.156. The van der Waals surface area contributed by atoms with Gasteiger partial charge in [-0.05, 0) is 35.2 Å². The number of hydrogen-bond acceptors (Lipinski definition) is 3. The number of amides is 1. The van der Waals surface area contributed by atoms with Crippen molar-refractivity contribution in [3.8, 4) is 5.75 Å². The third-order valence-corrected chi connectivity index (χ3v) is 4.63. The first-order valence-corrected chi connectivity index (χ1v) is 9.52. The lowest BCUT2D eigenvalue weighted by Gasteiger charge is -2.15. The topological polar surface area (TPSA) is 80.0 Å². The highest BCUT2D eigenvalue weighted by molar-refractivity contribution is 5.78. The summed E-state index contributed by atoms with van der Waals surface area (Å²) in [6.07, 6.45) is -3.16. The van der Waals surface area contributed by atoms with E-state index in [4.69, 9.17) is 5.73 Å². The first-order valence-electron chi connectivity index (χ1n) is 9.52. The quantitative estimate of drug-likeness (QED) is 0.532. The molecule has 0 spiro atoms. The smallest absolute Gasteiger partial charge is 0.406 e. The van der Waals surface area contributed by atoms with Crippen LogP contribution in [0.4, 0.5) is 13.2 Å². The fraction of sp³-hybridized carbons (Fsp3) is 0.333. The summed E-state index contributed by atoms with van der Waals surface area (Å²) in [5.41, 5.74) is 8.65. The molecular weight excluding hydrogens is 397 g/mol. The van der Waals surface area contributed by atoms with Crippen LogP contribution in [0.2, 0.25) is 0 Å². The number of carbonyl (C=O) groups excluding carboxylic acids is 1. The number of alkyl halides is 3. The third kappa shape index (κ3) is 6.68. The molecule has 0 saturated carbocycles. The van der Waals surface area contributed by atoms with E-state index in [0.29, 0.717) is 25.1 Å². The number of ether oxygens (including phenoxy) is 1. The zero-order chi connectivity index (χ0) is 21.6. The number of rotatable bonds is 7. The Morgan fingerprint density at radius 1 is 1.07 bits per heavy atom. The average Bonchev–Trinajstić information content (AvgIpc) is 3.10. The molecule has 0 bridgehead atoms. The van der Waals surface area contributed by atoms with Crippen molar-refractivity contribution in [3.05, 3.63) is 65.2 Å². The SMILES string of the molecule is NC(=NCc1ccc(OC(F)(F)F)cc1)NCc1ccc(CN2CCCC2=O)cc1. The molecule has 0 aliphatic carbocycles. The van der Waals surface area contributed by atoms with Gasteiger partial charge in [0.05, 0.1) is 6.54 Å². The molecule has 1 amide bonds. The van der Waals surface area contributed by atoms with Gasteiger partial charge in [-0.1, -0.05) is 36.4 Å². The molecule has 2 aromatic carbocycles.